The van der Waals surface area contributed by atoms with Gasteiger partial charge >= 0.3 is 0 Å². The molecule has 2 unspecified atom stereocenters. The highest BCUT2D eigenvalue weighted by molar-refractivity contribution is 5.00. The Morgan fingerprint density at radius 2 is 1.48 bits per heavy atom. The molecule has 1 saturated heterocycles. The summed E-state index contributed by atoms with van der Waals surface area (Å²) in [5.74, 6) is 1.82. The molecule has 124 valence electrons. The molecule has 2 heteroatoms. The van der Waals surface area contributed by atoms with Crippen LogP contribution >= 0.6 is 0 Å². The molecule has 2 N–H and O–H groups in total. The standard InChI is InChI=1S/C19H38N2/c1-14(2)15-8-7-9-16(11-10-15)20-17-12-18(3,4)21-19(5,6)13-17/h14-17,20-21H,7-13H2,1-6H3. The molecule has 2 fully saturated rings. The van der Waals surface area contributed by atoms with Crippen LogP contribution in [0.1, 0.15) is 86.5 Å². The van der Waals surface area contributed by atoms with Gasteiger partial charge in [0, 0.05) is 23.2 Å². The zero-order valence-corrected chi connectivity index (χ0v) is 15.3. The Morgan fingerprint density at radius 1 is 0.857 bits per heavy atom. The van der Waals surface area contributed by atoms with Crippen LogP contribution in [-0.4, -0.2) is 23.2 Å². The number of nitrogens with one attached hydrogen (secondary N) is 2. The molecule has 2 atom stereocenters. The molecule has 0 spiro atoms. The third kappa shape index (κ3) is 5.25. The molecule has 0 amide bonds. The third-order valence-electron chi connectivity index (χ3n) is 5.62. The molecule has 1 saturated carbocycles. The van der Waals surface area contributed by atoms with Crippen molar-refractivity contribution in [3.8, 4) is 0 Å². The molecule has 2 aliphatic rings. The molecule has 1 aliphatic carbocycles. The molecule has 21 heavy (non-hydrogen) atoms. The Kier molecular flexibility index (Phi) is 5.41. The first-order valence-corrected chi connectivity index (χ1v) is 9.22. The van der Waals surface area contributed by atoms with Crippen LogP contribution in [-0.2, 0) is 0 Å². The highest BCUT2D eigenvalue weighted by atomic mass is 15.1. The van der Waals surface area contributed by atoms with E-state index >= 15 is 0 Å². The maximum atomic E-state index is 4.03. The second-order valence-electron chi connectivity index (χ2n) is 9.37. The summed E-state index contributed by atoms with van der Waals surface area (Å²) in [5.41, 5.74) is 0.509. The summed E-state index contributed by atoms with van der Waals surface area (Å²) in [6.45, 7) is 14.2. The lowest BCUT2D eigenvalue weighted by molar-refractivity contribution is 0.137. The van der Waals surface area contributed by atoms with Crippen molar-refractivity contribution in [3.63, 3.8) is 0 Å². The first kappa shape index (κ1) is 17.3. The molecule has 0 radical (unpaired) electrons. The molecular formula is C19H38N2. The topological polar surface area (TPSA) is 24.1 Å². The van der Waals surface area contributed by atoms with Crippen LogP contribution in [0.15, 0.2) is 0 Å². The fourth-order valence-electron chi connectivity index (χ4n) is 4.94. The average Bonchev–Trinajstić information content (AvgIpc) is 2.50. The van der Waals surface area contributed by atoms with Crippen LogP contribution in [0.3, 0.4) is 0 Å². The first-order chi connectivity index (χ1) is 9.67. The number of rotatable bonds is 3. The summed E-state index contributed by atoms with van der Waals surface area (Å²) in [6, 6.07) is 1.43. The van der Waals surface area contributed by atoms with E-state index in [-0.39, 0.29) is 11.1 Å². The number of hydrogen-bond acceptors (Lipinski definition) is 2. The van der Waals surface area contributed by atoms with Crippen molar-refractivity contribution in [1.82, 2.24) is 10.6 Å². The highest BCUT2D eigenvalue weighted by Crippen LogP contribution is 2.32. The van der Waals surface area contributed by atoms with Gasteiger partial charge in [0.25, 0.3) is 0 Å². The molecule has 1 heterocycles. The second-order valence-corrected chi connectivity index (χ2v) is 9.37. The van der Waals surface area contributed by atoms with E-state index in [4.69, 9.17) is 0 Å². The molecule has 0 bridgehead atoms. The summed E-state index contributed by atoms with van der Waals surface area (Å²) in [5, 5.41) is 7.82. The zero-order valence-electron chi connectivity index (χ0n) is 15.3. The van der Waals surface area contributed by atoms with Gasteiger partial charge < -0.3 is 10.6 Å². The summed E-state index contributed by atoms with van der Waals surface area (Å²) < 4.78 is 0. The van der Waals surface area contributed by atoms with Gasteiger partial charge in [0.15, 0.2) is 0 Å². The van der Waals surface area contributed by atoms with E-state index < -0.39 is 0 Å². The van der Waals surface area contributed by atoms with Gasteiger partial charge in [-0.15, -0.1) is 0 Å². The van der Waals surface area contributed by atoms with Crippen molar-refractivity contribution >= 4 is 0 Å². The summed E-state index contributed by atoms with van der Waals surface area (Å²) >= 11 is 0. The molecule has 2 nitrogen and oxygen atoms in total. The van der Waals surface area contributed by atoms with E-state index in [9.17, 15) is 0 Å². The second kappa shape index (κ2) is 6.58. The normalized spacial score (nSPS) is 33.9. The quantitative estimate of drug-likeness (QED) is 0.749. The SMILES string of the molecule is CC(C)C1CCCC(NC2CC(C)(C)NC(C)(C)C2)CC1. The van der Waals surface area contributed by atoms with Gasteiger partial charge in [-0.25, -0.2) is 0 Å². The minimum absolute atomic E-state index is 0.255. The lowest BCUT2D eigenvalue weighted by atomic mass is 9.79. The van der Waals surface area contributed by atoms with Crippen molar-refractivity contribution in [2.24, 2.45) is 11.8 Å². The van der Waals surface area contributed by atoms with Gasteiger partial charge in [-0.05, 0) is 71.6 Å². The summed E-state index contributed by atoms with van der Waals surface area (Å²) in [7, 11) is 0. The van der Waals surface area contributed by atoms with Gasteiger partial charge in [0.05, 0.1) is 0 Å². The van der Waals surface area contributed by atoms with Crippen molar-refractivity contribution in [2.75, 3.05) is 0 Å². The van der Waals surface area contributed by atoms with E-state index in [1.165, 1.54) is 44.9 Å². The molecular weight excluding hydrogens is 256 g/mol. The maximum Gasteiger partial charge on any atom is 0.0144 e. The molecule has 2 rings (SSSR count). The first-order valence-electron chi connectivity index (χ1n) is 9.22. The van der Waals surface area contributed by atoms with E-state index in [2.05, 4.69) is 52.2 Å². The summed E-state index contributed by atoms with van der Waals surface area (Å²) in [6.07, 6.45) is 9.55. The van der Waals surface area contributed by atoms with E-state index in [0.717, 1.165) is 17.9 Å². The number of piperidine rings is 1. The van der Waals surface area contributed by atoms with Crippen LogP contribution in [0.4, 0.5) is 0 Å². The smallest absolute Gasteiger partial charge is 0.0144 e. The summed E-state index contributed by atoms with van der Waals surface area (Å²) in [4.78, 5) is 0. The van der Waals surface area contributed by atoms with E-state index in [0.29, 0.717) is 6.04 Å². The van der Waals surface area contributed by atoms with Crippen molar-refractivity contribution < 1.29 is 0 Å². The van der Waals surface area contributed by atoms with Gasteiger partial charge in [-0.1, -0.05) is 26.7 Å². The van der Waals surface area contributed by atoms with Crippen LogP contribution in [0.5, 0.6) is 0 Å². The fourth-order valence-corrected chi connectivity index (χ4v) is 4.94. The lowest BCUT2D eigenvalue weighted by Crippen LogP contribution is -2.62. The largest absolute Gasteiger partial charge is 0.311 e. The molecule has 0 aromatic carbocycles. The monoisotopic (exact) mass is 294 g/mol. The van der Waals surface area contributed by atoms with Crippen LogP contribution < -0.4 is 10.6 Å². The Bertz CT molecular complexity index is 316. The Morgan fingerprint density at radius 3 is 2.05 bits per heavy atom. The maximum absolute atomic E-state index is 4.03. The van der Waals surface area contributed by atoms with Crippen molar-refractivity contribution in [2.45, 2.75) is 110 Å². The van der Waals surface area contributed by atoms with Crippen LogP contribution in [0.25, 0.3) is 0 Å². The van der Waals surface area contributed by atoms with Gasteiger partial charge in [0.2, 0.25) is 0 Å². The van der Waals surface area contributed by atoms with Crippen LogP contribution in [0, 0.1) is 11.8 Å². The molecule has 0 aromatic heterocycles. The van der Waals surface area contributed by atoms with Crippen molar-refractivity contribution in [3.05, 3.63) is 0 Å². The Labute approximate surface area is 132 Å². The van der Waals surface area contributed by atoms with Gasteiger partial charge in [-0.2, -0.15) is 0 Å². The van der Waals surface area contributed by atoms with Crippen LogP contribution in [0.2, 0.25) is 0 Å². The Hall–Kier alpha value is -0.0800. The number of hydrogen-bond donors (Lipinski definition) is 2. The predicted molar refractivity (Wildman–Crippen MR) is 92.7 cm³/mol. The Balaban J connectivity index is 1.89. The van der Waals surface area contributed by atoms with E-state index in [1.807, 2.05) is 0 Å². The van der Waals surface area contributed by atoms with Gasteiger partial charge in [-0.3, -0.25) is 0 Å². The fraction of sp³-hybridized carbons (Fsp3) is 1.00. The third-order valence-corrected chi connectivity index (χ3v) is 5.62. The molecule has 0 aromatic rings. The average molecular weight is 295 g/mol. The van der Waals surface area contributed by atoms with E-state index in [1.54, 1.807) is 0 Å². The molecule has 1 aliphatic heterocycles. The highest BCUT2D eigenvalue weighted by Gasteiger charge is 2.38. The van der Waals surface area contributed by atoms with Gasteiger partial charge in [0.1, 0.15) is 0 Å². The van der Waals surface area contributed by atoms with Crippen molar-refractivity contribution in [1.29, 1.82) is 0 Å². The lowest BCUT2D eigenvalue weighted by Gasteiger charge is -2.47. The predicted octanol–water partition coefficient (Wildman–Crippen LogP) is 4.49. The minimum atomic E-state index is 0.255. The zero-order chi connectivity index (χ0) is 15.7. The minimum Gasteiger partial charge on any atom is -0.311 e.